The lowest BCUT2D eigenvalue weighted by molar-refractivity contribution is -0.328. The van der Waals surface area contributed by atoms with Crippen LogP contribution in [0.1, 0.15) is 67.2 Å². The van der Waals surface area contributed by atoms with Crippen LogP contribution in [-0.2, 0) is 19.0 Å². The Morgan fingerprint density at radius 3 is 2.38 bits per heavy atom. The summed E-state index contributed by atoms with van der Waals surface area (Å²) in [4.78, 5) is 11.6. The summed E-state index contributed by atoms with van der Waals surface area (Å²) in [5, 5.41) is 20.8. The van der Waals surface area contributed by atoms with Crippen molar-refractivity contribution in [3.63, 3.8) is 0 Å². The molecule has 0 aromatic heterocycles. The average molecular weight is 411 g/mol. The zero-order valence-corrected chi connectivity index (χ0v) is 18.6. The Labute approximate surface area is 174 Å². The number of hydrogen-bond donors (Lipinski definition) is 2. The highest BCUT2D eigenvalue weighted by Crippen LogP contribution is 2.71. The van der Waals surface area contributed by atoms with Gasteiger partial charge in [-0.1, -0.05) is 27.2 Å². The van der Waals surface area contributed by atoms with Gasteiger partial charge in [0.25, 0.3) is 0 Å². The third-order valence-corrected chi connectivity index (χ3v) is 8.82. The van der Waals surface area contributed by atoms with Gasteiger partial charge >= 0.3 is 5.97 Å². The fourth-order valence-corrected chi connectivity index (χ4v) is 7.10. The maximum Gasteiger partial charge on any atom is 0.303 e. The van der Waals surface area contributed by atoms with Crippen molar-refractivity contribution in [3.8, 4) is 0 Å². The second-order valence-electron chi connectivity index (χ2n) is 10.9. The molecule has 3 aliphatic carbocycles. The summed E-state index contributed by atoms with van der Waals surface area (Å²) in [6, 6.07) is 0. The number of fused-ring (bicyclic) bond motifs is 3. The van der Waals surface area contributed by atoms with Crippen LogP contribution in [0.25, 0.3) is 0 Å². The second-order valence-corrected chi connectivity index (χ2v) is 10.9. The van der Waals surface area contributed by atoms with Gasteiger partial charge < -0.3 is 24.4 Å². The van der Waals surface area contributed by atoms with E-state index in [9.17, 15) is 15.0 Å². The normalized spacial score (nSPS) is 53.5. The van der Waals surface area contributed by atoms with Crippen LogP contribution in [0.15, 0.2) is 0 Å². The van der Waals surface area contributed by atoms with Crippen LogP contribution < -0.4 is 0 Å². The van der Waals surface area contributed by atoms with Crippen molar-refractivity contribution in [1.82, 2.24) is 0 Å². The number of carbonyl (C=O) groups is 1. The summed E-state index contributed by atoms with van der Waals surface area (Å²) in [6.45, 7) is 12.4. The molecule has 6 heteroatoms. The first-order chi connectivity index (χ1) is 13.5. The Kier molecular flexibility index (Phi) is 5.33. The van der Waals surface area contributed by atoms with E-state index in [1.54, 1.807) is 6.92 Å². The van der Waals surface area contributed by atoms with Crippen molar-refractivity contribution in [3.05, 3.63) is 0 Å². The van der Waals surface area contributed by atoms with Crippen molar-refractivity contribution < 1.29 is 29.2 Å². The average Bonchev–Trinajstić information content (AvgIpc) is 3.00. The van der Waals surface area contributed by atoms with Gasteiger partial charge in [0.1, 0.15) is 12.2 Å². The van der Waals surface area contributed by atoms with Crippen molar-refractivity contribution >= 4 is 5.97 Å². The van der Waals surface area contributed by atoms with Crippen LogP contribution in [-0.4, -0.2) is 52.5 Å². The third-order valence-electron chi connectivity index (χ3n) is 8.82. The molecule has 4 aliphatic rings. The standard InChI is InChI=1S/C23H38O6/c1-11-7-8-14-16(11)17-15(22(17,4)5)9-10-23(14,6)29-21-20(28-13(3)24)19(26)18(25)12(2)27-21/h11-12,14-21,25-26H,7-10H2,1-6H3/t11-,12-,14+,15-,16-,17-,18+,19+,20-,21+,23-/m1/s1. The van der Waals surface area contributed by atoms with Crippen molar-refractivity contribution in [2.24, 2.45) is 35.0 Å². The molecule has 29 heavy (non-hydrogen) atoms. The van der Waals surface area contributed by atoms with Crippen molar-refractivity contribution in [1.29, 1.82) is 0 Å². The maximum absolute atomic E-state index is 11.6. The number of ether oxygens (including phenoxy) is 3. The zero-order chi connectivity index (χ0) is 21.3. The predicted molar refractivity (Wildman–Crippen MR) is 107 cm³/mol. The summed E-state index contributed by atoms with van der Waals surface area (Å²) in [5.74, 6) is 2.70. The van der Waals surface area contributed by atoms with Crippen LogP contribution in [0.2, 0.25) is 0 Å². The van der Waals surface area contributed by atoms with Crippen LogP contribution in [0.5, 0.6) is 0 Å². The molecule has 0 spiro atoms. The minimum absolute atomic E-state index is 0.399. The van der Waals surface area contributed by atoms with Crippen LogP contribution in [0.4, 0.5) is 0 Å². The van der Waals surface area contributed by atoms with Crippen LogP contribution in [0.3, 0.4) is 0 Å². The molecule has 0 radical (unpaired) electrons. The molecule has 3 saturated carbocycles. The molecule has 4 rings (SSSR count). The number of hydrogen-bond acceptors (Lipinski definition) is 6. The lowest BCUT2D eigenvalue weighted by Crippen LogP contribution is -2.61. The van der Waals surface area contributed by atoms with E-state index in [4.69, 9.17) is 14.2 Å². The second kappa shape index (κ2) is 7.18. The SMILES string of the molecule is CC(=O)O[C@H]1[C@H](O[C@]2(C)CC[C@@H]3[C@H]([C@@H]4[C@H](C)CC[C@@H]42)C3(C)C)O[C@H](C)[C@H](O)[C@@H]1O. The molecule has 4 fully saturated rings. The molecule has 166 valence electrons. The maximum atomic E-state index is 11.6. The van der Waals surface area contributed by atoms with E-state index in [0.717, 1.165) is 31.1 Å². The highest BCUT2D eigenvalue weighted by Gasteiger charge is 2.67. The van der Waals surface area contributed by atoms with Gasteiger partial charge in [0.05, 0.1) is 11.7 Å². The van der Waals surface area contributed by atoms with E-state index in [1.165, 1.54) is 13.3 Å². The summed E-state index contributed by atoms with van der Waals surface area (Å²) >= 11 is 0. The van der Waals surface area contributed by atoms with Crippen molar-refractivity contribution in [2.45, 2.75) is 104 Å². The molecule has 11 atom stereocenters. The topological polar surface area (TPSA) is 85.2 Å². The molecule has 1 heterocycles. The summed E-state index contributed by atoms with van der Waals surface area (Å²) < 4.78 is 17.9. The highest BCUT2D eigenvalue weighted by molar-refractivity contribution is 5.66. The van der Waals surface area contributed by atoms with Crippen LogP contribution in [0, 0.1) is 35.0 Å². The molecule has 0 bridgehead atoms. The lowest BCUT2D eigenvalue weighted by Gasteiger charge is -2.47. The van der Waals surface area contributed by atoms with E-state index in [0.29, 0.717) is 23.2 Å². The fourth-order valence-electron chi connectivity index (χ4n) is 7.10. The van der Waals surface area contributed by atoms with Gasteiger partial charge in [-0.3, -0.25) is 4.79 Å². The largest absolute Gasteiger partial charge is 0.454 e. The molecule has 1 aliphatic heterocycles. The van der Waals surface area contributed by atoms with E-state index in [1.807, 2.05) is 0 Å². The molecule has 0 amide bonds. The molecule has 2 N–H and O–H groups in total. The van der Waals surface area contributed by atoms with Gasteiger partial charge in [-0.15, -0.1) is 0 Å². The van der Waals surface area contributed by atoms with Gasteiger partial charge in [-0.05, 0) is 68.1 Å². The first-order valence-corrected chi connectivity index (χ1v) is 11.3. The Hall–Kier alpha value is -0.690. The Morgan fingerprint density at radius 1 is 1.03 bits per heavy atom. The van der Waals surface area contributed by atoms with Gasteiger partial charge in [0.2, 0.25) is 0 Å². The van der Waals surface area contributed by atoms with Gasteiger partial charge in [-0.25, -0.2) is 0 Å². The first-order valence-electron chi connectivity index (χ1n) is 11.3. The Bertz CT molecular complexity index is 649. The number of carbonyl (C=O) groups excluding carboxylic acids is 1. The van der Waals surface area contributed by atoms with E-state index >= 15 is 0 Å². The molecule has 0 aromatic carbocycles. The number of aliphatic hydroxyl groups excluding tert-OH is 2. The molecule has 1 saturated heterocycles. The van der Waals surface area contributed by atoms with E-state index in [-0.39, 0.29) is 0 Å². The highest BCUT2D eigenvalue weighted by atomic mass is 16.7. The number of rotatable bonds is 3. The molecular weight excluding hydrogens is 372 g/mol. The van der Waals surface area contributed by atoms with Gasteiger partial charge in [0.15, 0.2) is 12.4 Å². The summed E-state index contributed by atoms with van der Waals surface area (Å²) in [5.41, 5.74) is 0.0169. The quantitative estimate of drug-likeness (QED) is 0.696. The lowest BCUT2D eigenvalue weighted by atomic mass is 9.74. The van der Waals surface area contributed by atoms with Crippen molar-refractivity contribution in [2.75, 3.05) is 0 Å². The number of aliphatic hydroxyl groups is 2. The molecule has 0 aromatic rings. The molecule has 6 nitrogen and oxygen atoms in total. The van der Waals surface area contributed by atoms with Gasteiger partial charge in [0, 0.05) is 6.92 Å². The minimum Gasteiger partial charge on any atom is -0.454 e. The Balaban J connectivity index is 1.59. The molecule has 0 unspecified atom stereocenters. The summed E-state index contributed by atoms with van der Waals surface area (Å²) in [6.07, 6.45) is -0.441. The molecular formula is C23H38O6. The zero-order valence-electron chi connectivity index (χ0n) is 18.6. The number of esters is 1. The van der Waals surface area contributed by atoms with E-state index in [2.05, 4.69) is 27.7 Å². The smallest absolute Gasteiger partial charge is 0.303 e. The fraction of sp³-hybridized carbons (Fsp3) is 0.957. The minimum atomic E-state index is -1.23. The predicted octanol–water partition coefficient (Wildman–Crippen LogP) is 2.89. The Morgan fingerprint density at radius 2 is 1.72 bits per heavy atom. The van der Waals surface area contributed by atoms with Gasteiger partial charge in [-0.2, -0.15) is 0 Å². The monoisotopic (exact) mass is 410 g/mol. The third kappa shape index (κ3) is 3.44. The summed E-state index contributed by atoms with van der Waals surface area (Å²) in [7, 11) is 0. The van der Waals surface area contributed by atoms with E-state index < -0.39 is 42.3 Å². The van der Waals surface area contributed by atoms with Crippen LogP contribution >= 0.6 is 0 Å². The first kappa shape index (κ1) is 21.5.